The van der Waals surface area contributed by atoms with Crippen LogP contribution in [0.1, 0.15) is 53.6 Å². The Balaban J connectivity index is 1.64. The Morgan fingerprint density at radius 2 is 2.04 bits per heavy atom. The average Bonchev–Trinajstić information content (AvgIpc) is 3.22. The molecule has 1 saturated heterocycles. The molecule has 1 N–H and O–H groups in total. The lowest BCUT2D eigenvalue weighted by Gasteiger charge is -2.32. The van der Waals surface area contributed by atoms with Crippen molar-refractivity contribution in [3.63, 3.8) is 0 Å². The summed E-state index contributed by atoms with van der Waals surface area (Å²) in [7, 11) is 1.60. The number of nitrogens with one attached hydrogen (secondary N) is 1. The minimum Gasteiger partial charge on any atom is -0.497 e. The number of methoxy groups -OCH3 is 1. The topological polar surface area (TPSA) is 89.4 Å². The number of benzene rings is 1. The van der Waals surface area contributed by atoms with Gasteiger partial charge in [0.2, 0.25) is 0 Å². The van der Waals surface area contributed by atoms with Crippen LogP contribution in [0.15, 0.2) is 30.5 Å². The van der Waals surface area contributed by atoms with Crippen LogP contribution < -0.4 is 10.1 Å². The summed E-state index contributed by atoms with van der Waals surface area (Å²) in [5.74, 6) is 0.859. The molecule has 1 aromatic carbocycles. The van der Waals surface area contributed by atoms with Crippen LogP contribution in [-0.2, 0) is 0 Å². The standard InChI is InChI=1S/C20H27N5O3/c1-14(2)11-21-19(26)18-13-25(23-22-18)16-5-4-10-24(12-16)20(27)15-6-8-17(28-3)9-7-15/h6-9,13-14,16H,4-5,10-12H2,1-3H3,(H,21,26)/t16-/m1/s1. The summed E-state index contributed by atoms with van der Waals surface area (Å²) in [6.07, 6.45) is 3.44. The van der Waals surface area contributed by atoms with Crippen molar-refractivity contribution >= 4 is 11.8 Å². The second kappa shape index (κ2) is 8.86. The van der Waals surface area contributed by atoms with E-state index in [-0.39, 0.29) is 17.9 Å². The number of rotatable bonds is 6. The number of ether oxygens (including phenoxy) is 1. The van der Waals surface area contributed by atoms with E-state index < -0.39 is 0 Å². The lowest BCUT2D eigenvalue weighted by atomic mass is 10.0. The van der Waals surface area contributed by atoms with E-state index in [9.17, 15) is 9.59 Å². The molecule has 150 valence electrons. The molecule has 1 fully saturated rings. The fourth-order valence-electron chi connectivity index (χ4n) is 3.22. The van der Waals surface area contributed by atoms with Gasteiger partial charge < -0.3 is 15.0 Å². The number of hydrogen-bond donors (Lipinski definition) is 1. The van der Waals surface area contributed by atoms with Crippen molar-refractivity contribution in [1.82, 2.24) is 25.2 Å². The molecule has 0 saturated carbocycles. The molecule has 1 aliphatic rings. The van der Waals surface area contributed by atoms with Crippen molar-refractivity contribution in [2.24, 2.45) is 5.92 Å². The summed E-state index contributed by atoms with van der Waals surface area (Å²) < 4.78 is 6.85. The number of carbonyl (C=O) groups excluding carboxylic acids is 2. The van der Waals surface area contributed by atoms with Gasteiger partial charge in [0.15, 0.2) is 5.69 Å². The zero-order chi connectivity index (χ0) is 20.1. The molecule has 28 heavy (non-hydrogen) atoms. The lowest BCUT2D eigenvalue weighted by molar-refractivity contribution is 0.0671. The molecule has 0 spiro atoms. The van der Waals surface area contributed by atoms with E-state index in [1.54, 1.807) is 42.3 Å². The monoisotopic (exact) mass is 385 g/mol. The highest BCUT2D eigenvalue weighted by atomic mass is 16.5. The third kappa shape index (κ3) is 4.68. The van der Waals surface area contributed by atoms with Crippen molar-refractivity contribution in [2.75, 3.05) is 26.7 Å². The van der Waals surface area contributed by atoms with Crippen LogP contribution in [-0.4, -0.2) is 58.5 Å². The Morgan fingerprint density at radius 1 is 1.29 bits per heavy atom. The molecular formula is C20H27N5O3. The van der Waals surface area contributed by atoms with Crippen LogP contribution in [0.4, 0.5) is 0 Å². The molecule has 2 aromatic rings. The summed E-state index contributed by atoms with van der Waals surface area (Å²) in [4.78, 5) is 26.8. The van der Waals surface area contributed by atoms with Crippen LogP contribution >= 0.6 is 0 Å². The van der Waals surface area contributed by atoms with Gasteiger partial charge in [-0.15, -0.1) is 5.10 Å². The van der Waals surface area contributed by atoms with Gasteiger partial charge in [0.25, 0.3) is 11.8 Å². The van der Waals surface area contributed by atoms with Crippen LogP contribution in [0.5, 0.6) is 5.75 Å². The number of nitrogens with zero attached hydrogens (tertiary/aromatic N) is 4. The number of carbonyl (C=O) groups is 2. The largest absolute Gasteiger partial charge is 0.497 e. The first-order chi connectivity index (χ1) is 13.5. The van der Waals surface area contributed by atoms with E-state index in [2.05, 4.69) is 15.6 Å². The van der Waals surface area contributed by atoms with Gasteiger partial charge >= 0.3 is 0 Å². The summed E-state index contributed by atoms with van der Waals surface area (Å²) in [6.45, 7) is 5.92. The molecule has 0 unspecified atom stereocenters. The zero-order valence-corrected chi connectivity index (χ0v) is 16.6. The molecule has 2 amide bonds. The molecule has 0 aliphatic carbocycles. The van der Waals surface area contributed by atoms with Crippen LogP contribution in [0.25, 0.3) is 0 Å². The third-order valence-electron chi connectivity index (χ3n) is 4.81. The summed E-state index contributed by atoms with van der Waals surface area (Å²) in [5, 5.41) is 11.0. The van der Waals surface area contributed by atoms with Gasteiger partial charge in [-0.1, -0.05) is 19.1 Å². The molecule has 2 heterocycles. The first-order valence-corrected chi connectivity index (χ1v) is 9.61. The molecule has 1 atom stereocenters. The number of amides is 2. The molecule has 1 aromatic heterocycles. The van der Waals surface area contributed by atoms with Crippen molar-refractivity contribution in [3.05, 3.63) is 41.7 Å². The van der Waals surface area contributed by atoms with Crippen molar-refractivity contribution < 1.29 is 14.3 Å². The fraction of sp³-hybridized carbons (Fsp3) is 0.500. The predicted octanol–water partition coefficient (Wildman–Crippen LogP) is 2.15. The van der Waals surface area contributed by atoms with Crippen LogP contribution in [0.2, 0.25) is 0 Å². The van der Waals surface area contributed by atoms with E-state index in [4.69, 9.17) is 4.74 Å². The molecule has 1 aliphatic heterocycles. The molecule has 8 nitrogen and oxygen atoms in total. The van der Waals surface area contributed by atoms with E-state index in [0.717, 1.165) is 18.6 Å². The average molecular weight is 385 g/mol. The second-order valence-electron chi connectivity index (χ2n) is 7.46. The maximum Gasteiger partial charge on any atom is 0.273 e. The Bertz CT molecular complexity index is 816. The molecule has 0 radical (unpaired) electrons. The molecule has 0 bridgehead atoms. The Morgan fingerprint density at radius 3 is 2.71 bits per heavy atom. The van der Waals surface area contributed by atoms with Gasteiger partial charge in [0, 0.05) is 25.2 Å². The second-order valence-corrected chi connectivity index (χ2v) is 7.46. The van der Waals surface area contributed by atoms with Gasteiger partial charge in [-0.05, 0) is 43.0 Å². The van der Waals surface area contributed by atoms with Gasteiger partial charge in [0.1, 0.15) is 5.75 Å². The van der Waals surface area contributed by atoms with Crippen LogP contribution in [0.3, 0.4) is 0 Å². The highest BCUT2D eigenvalue weighted by Crippen LogP contribution is 2.23. The highest BCUT2D eigenvalue weighted by Gasteiger charge is 2.27. The maximum atomic E-state index is 12.8. The first kappa shape index (κ1) is 19.9. The number of piperidine rings is 1. The number of likely N-dealkylation sites (tertiary alicyclic amines) is 1. The van der Waals surface area contributed by atoms with Gasteiger partial charge in [-0.3, -0.25) is 9.59 Å². The minimum absolute atomic E-state index is 0.00935. The SMILES string of the molecule is COc1ccc(C(=O)N2CCC[C@@H](n3cc(C(=O)NCC(C)C)nn3)C2)cc1. The van der Waals surface area contributed by atoms with Gasteiger partial charge in [-0.25, -0.2) is 4.68 Å². The minimum atomic E-state index is -0.220. The Labute approximate surface area is 164 Å². The normalized spacial score (nSPS) is 16.9. The van der Waals surface area contributed by atoms with Gasteiger partial charge in [0.05, 0.1) is 19.3 Å². The number of hydrogen-bond acceptors (Lipinski definition) is 5. The summed E-state index contributed by atoms with van der Waals surface area (Å²) in [5.41, 5.74) is 0.938. The van der Waals surface area contributed by atoms with Crippen LogP contribution in [0, 0.1) is 5.92 Å². The van der Waals surface area contributed by atoms with Gasteiger partial charge in [-0.2, -0.15) is 0 Å². The van der Waals surface area contributed by atoms with Crippen molar-refractivity contribution in [1.29, 1.82) is 0 Å². The predicted molar refractivity (Wildman–Crippen MR) is 104 cm³/mol. The third-order valence-corrected chi connectivity index (χ3v) is 4.81. The molecule has 3 rings (SSSR count). The molecule has 8 heteroatoms. The first-order valence-electron chi connectivity index (χ1n) is 9.61. The van der Waals surface area contributed by atoms with Crippen molar-refractivity contribution in [3.8, 4) is 5.75 Å². The Kier molecular flexibility index (Phi) is 6.28. The van der Waals surface area contributed by atoms with E-state index >= 15 is 0 Å². The molecular weight excluding hydrogens is 358 g/mol. The van der Waals surface area contributed by atoms with E-state index in [0.29, 0.717) is 36.8 Å². The maximum absolute atomic E-state index is 12.8. The summed E-state index contributed by atoms with van der Waals surface area (Å²) in [6, 6.07) is 7.13. The van der Waals surface area contributed by atoms with E-state index in [1.165, 1.54) is 0 Å². The highest BCUT2D eigenvalue weighted by molar-refractivity contribution is 5.94. The Hall–Kier alpha value is -2.90. The number of aromatic nitrogens is 3. The summed E-state index contributed by atoms with van der Waals surface area (Å²) >= 11 is 0. The van der Waals surface area contributed by atoms with Crippen molar-refractivity contribution in [2.45, 2.75) is 32.7 Å². The quantitative estimate of drug-likeness (QED) is 0.823. The van der Waals surface area contributed by atoms with E-state index in [1.807, 2.05) is 18.7 Å². The zero-order valence-electron chi connectivity index (χ0n) is 16.6. The fourth-order valence-corrected chi connectivity index (χ4v) is 3.22. The smallest absolute Gasteiger partial charge is 0.273 e. The lowest BCUT2D eigenvalue weighted by Crippen LogP contribution is -2.40.